The molecule has 0 aromatic heterocycles. The van der Waals surface area contributed by atoms with Crippen LogP contribution in [-0.2, 0) is 14.3 Å². The molecule has 0 bridgehead atoms. The Balaban J connectivity index is 3.38. The van der Waals surface area contributed by atoms with Gasteiger partial charge in [-0.3, -0.25) is 9.59 Å². The number of carbonyl (C=O) groups excluding carboxylic acids is 2. The van der Waals surface area contributed by atoms with Gasteiger partial charge < -0.3 is 20.3 Å². The number of rotatable bonds is 62. The lowest BCUT2D eigenvalue weighted by atomic mass is 10.0. The van der Waals surface area contributed by atoms with Crippen molar-refractivity contribution < 1.29 is 24.5 Å². The number of hydrogen-bond acceptors (Lipinski definition) is 5. The minimum absolute atomic E-state index is 0.00906. The molecule has 2 unspecified atom stereocenters. The standard InChI is InChI=1S/C68H129NO5/c1-3-5-7-9-11-13-15-17-19-20-27-31-34-38-42-46-50-54-58-62-68(73)74-63-59-55-51-47-43-39-35-32-29-26-24-22-21-23-25-28-30-33-37-41-45-49-53-57-61-67(72)69-65(64-70)66(71)60-56-52-48-44-40-36-18-16-14-12-10-8-6-4-2/h11,13,17,19,23,25,65-66,70-71H,3-10,12,14-16,18,20-22,24,26-64H2,1-2H3,(H,69,72)/b13-11-,19-17-,25-23-. The molecule has 0 saturated heterocycles. The highest BCUT2D eigenvalue weighted by atomic mass is 16.5. The lowest BCUT2D eigenvalue weighted by Gasteiger charge is -2.22. The first-order chi connectivity index (χ1) is 36.5. The molecule has 0 rings (SSSR count). The molecule has 436 valence electrons. The molecule has 0 heterocycles. The molecule has 6 nitrogen and oxygen atoms in total. The van der Waals surface area contributed by atoms with Crippen LogP contribution in [0, 0.1) is 0 Å². The Morgan fingerprint density at radius 2 is 0.676 bits per heavy atom. The van der Waals surface area contributed by atoms with Gasteiger partial charge in [0.25, 0.3) is 0 Å². The third-order valence-electron chi connectivity index (χ3n) is 15.4. The van der Waals surface area contributed by atoms with Crippen molar-refractivity contribution in [1.82, 2.24) is 5.32 Å². The molecule has 0 aliphatic rings. The molecule has 0 aliphatic carbocycles. The topological polar surface area (TPSA) is 95.9 Å². The second kappa shape index (κ2) is 63.6. The van der Waals surface area contributed by atoms with Gasteiger partial charge in [-0.1, -0.05) is 301 Å². The maximum absolute atomic E-state index is 12.5. The van der Waals surface area contributed by atoms with E-state index in [-0.39, 0.29) is 18.5 Å². The van der Waals surface area contributed by atoms with Gasteiger partial charge in [0.1, 0.15) is 0 Å². The molecule has 6 heteroatoms. The zero-order valence-corrected chi connectivity index (χ0v) is 49.8. The van der Waals surface area contributed by atoms with E-state index in [4.69, 9.17) is 4.74 Å². The van der Waals surface area contributed by atoms with Crippen molar-refractivity contribution in [3.63, 3.8) is 0 Å². The molecule has 3 N–H and O–H groups in total. The number of unbranched alkanes of at least 4 members (excludes halogenated alkanes) is 45. The molecule has 0 aromatic carbocycles. The smallest absolute Gasteiger partial charge is 0.305 e. The van der Waals surface area contributed by atoms with Crippen molar-refractivity contribution in [3.05, 3.63) is 36.5 Å². The van der Waals surface area contributed by atoms with Gasteiger partial charge in [0.05, 0.1) is 25.4 Å². The Morgan fingerprint density at radius 3 is 1.07 bits per heavy atom. The quantitative estimate of drug-likeness (QED) is 0.0320. The summed E-state index contributed by atoms with van der Waals surface area (Å²) in [6, 6.07) is -0.545. The summed E-state index contributed by atoms with van der Waals surface area (Å²) in [4.78, 5) is 24.6. The maximum atomic E-state index is 12.5. The van der Waals surface area contributed by atoms with Crippen molar-refractivity contribution in [2.45, 2.75) is 373 Å². The van der Waals surface area contributed by atoms with Gasteiger partial charge >= 0.3 is 5.97 Å². The van der Waals surface area contributed by atoms with Crippen molar-refractivity contribution in [2.75, 3.05) is 13.2 Å². The van der Waals surface area contributed by atoms with Crippen LogP contribution in [0.5, 0.6) is 0 Å². The summed E-state index contributed by atoms with van der Waals surface area (Å²) in [6.45, 7) is 4.94. The Hall–Kier alpha value is -1.92. The fraction of sp³-hybridized carbons (Fsp3) is 0.882. The molecular formula is C68H129NO5. The van der Waals surface area contributed by atoms with Crippen LogP contribution >= 0.6 is 0 Å². The maximum Gasteiger partial charge on any atom is 0.305 e. The highest BCUT2D eigenvalue weighted by molar-refractivity contribution is 5.76. The van der Waals surface area contributed by atoms with Crippen LogP contribution in [-0.4, -0.2) is 47.4 Å². The normalized spacial score (nSPS) is 12.8. The van der Waals surface area contributed by atoms with E-state index in [1.807, 2.05) is 0 Å². The summed E-state index contributed by atoms with van der Waals surface area (Å²) < 4.78 is 5.50. The van der Waals surface area contributed by atoms with E-state index in [0.29, 0.717) is 25.9 Å². The minimum Gasteiger partial charge on any atom is -0.466 e. The summed E-state index contributed by atoms with van der Waals surface area (Å²) in [5.74, 6) is -0.0290. The largest absolute Gasteiger partial charge is 0.466 e. The average Bonchev–Trinajstić information content (AvgIpc) is 3.40. The van der Waals surface area contributed by atoms with Gasteiger partial charge in [0.15, 0.2) is 0 Å². The second-order valence-corrected chi connectivity index (χ2v) is 22.8. The van der Waals surface area contributed by atoms with Gasteiger partial charge in [-0.2, -0.15) is 0 Å². The summed E-state index contributed by atoms with van der Waals surface area (Å²) in [6.07, 6.45) is 80.3. The van der Waals surface area contributed by atoms with Crippen LogP contribution < -0.4 is 5.32 Å². The molecule has 0 fully saturated rings. The fourth-order valence-corrected chi connectivity index (χ4v) is 10.3. The van der Waals surface area contributed by atoms with E-state index < -0.39 is 12.1 Å². The van der Waals surface area contributed by atoms with Crippen LogP contribution in [0.4, 0.5) is 0 Å². The number of aliphatic hydroxyl groups excluding tert-OH is 2. The highest BCUT2D eigenvalue weighted by Crippen LogP contribution is 2.18. The van der Waals surface area contributed by atoms with Gasteiger partial charge in [-0.05, 0) is 83.5 Å². The first-order valence-corrected chi connectivity index (χ1v) is 33.2. The van der Waals surface area contributed by atoms with E-state index in [0.717, 1.165) is 51.4 Å². The van der Waals surface area contributed by atoms with E-state index in [1.165, 1.54) is 276 Å². The molecule has 1 amide bonds. The van der Waals surface area contributed by atoms with Gasteiger partial charge in [-0.15, -0.1) is 0 Å². The Labute approximate surface area is 462 Å². The third kappa shape index (κ3) is 59.3. The lowest BCUT2D eigenvalue weighted by Crippen LogP contribution is -2.45. The summed E-state index contributed by atoms with van der Waals surface area (Å²) in [5, 5.41) is 23.3. The predicted molar refractivity (Wildman–Crippen MR) is 324 cm³/mol. The first-order valence-electron chi connectivity index (χ1n) is 33.2. The molecular weight excluding hydrogens is 911 g/mol. The number of nitrogens with one attached hydrogen (secondary N) is 1. The number of esters is 1. The zero-order valence-electron chi connectivity index (χ0n) is 49.8. The monoisotopic (exact) mass is 1040 g/mol. The van der Waals surface area contributed by atoms with E-state index >= 15 is 0 Å². The SMILES string of the molecule is CCCCC/C=C\C/C=C\CCCCCCCCCCCC(=O)OCCCCCCCCCCCCCC/C=C\CCCCCCCCCCC(=O)NC(CO)C(O)CCCCCCCCCCCCCCCC. The van der Waals surface area contributed by atoms with E-state index in [1.54, 1.807) is 0 Å². The van der Waals surface area contributed by atoms with Gasteiger partial charge in [0, 0.05) is 12.8 Å². The summed E-state index contributed by atoms with van der Waals surface area (Å²) in [5.41, 5.74) is 0. The Morgan fingerprint density at radius 1 is 0.378 bits per heavy atom. The number of hydrogen-bond donors (Lipinski definition) is 3. The van der Waals surface area contributed by atoms with Crippen LogP contribution in [0.1, 0.15) is 361 Å². The van der Waals surface area contributed by atoms with Gasteiger partial charge in [-0.25, -0.2) is 0 Å². The first kappa shape index (κ1) is 72.1. The lowest BCUT2D eigenvalue weighted by molar-refractivity contribution is -0.143. The van der Waals surface area contributed by atoms with Crippen LogP contribution in [0.3, 0.4) is 0 Å². The van der Waals surface area contributed by atoms with Crippen LogP contribution in [0.25, 0.3) is 0 Å². The highest BCUT2D eigenvalue weighted by Gasteiger charge is 2.20. The van der Waals surface area contributed by atoms with E-state index in [9.17, 15) is 19.8 Å². The van der Waals surface area contributed by atoms with Crippen molar-refractivity contribution >= 4 is 11.9 Å². The molecule has 74 heavy (non-hydrogen) atoms. The van der Waals surface area contributed by atoms with E-state index in [2.05, 4.69) is 55.6 Å². The van der Waals surface area contributed by atoms with Crippen LogP contribution in [0.2, 0.25) is 0 Å². The Bertz CT molecular complexity index is 1200. The molecule has 0 aliphatic heterocycles. The number of amides is 1. The van der Waals surface area contributed by atoms with Crippen molar-refractivity contribution in [2.24, 2.45) is 0 Å². The van der Waals surface area contributed by atoms with Crippen molar-refractivity contribution in [3.8, 4) is 0 Å². The average molecular weight is 1040 g/mol. The number of ether oxygens (including phenoxy) is 1. The zero-order chi connectivity index (χ0) is 53.6. The van der Waals surface area contributed by atoms with Crippen molar-refractivity contribution in [1.29, 1.82) is 0 Å². The van der Waals surface area contributed by atoms with Crippen LogP contribution in [0.15, 0.2) is 36.5 Å². The molecule has 0 radical (unpaired) electrons. The summed E-state index contributed by atoms with van der Waals surface area (Å²) >= 11 is 0. The second-order valence-electron chi connectivity index (χ2n) is 22.8. The predicted octanol–water partition coefficient (Wildman–Crippen LogP) is 21.1. The molecule has 0 aromatic rings. The number of allylic oxidation sites excluding steroid dienone is 6. The number of aliphatic hydroxyl groups is 2. The molecule has 0 spiro atoms. The summed E-state index contributed by atoms with van der Waals surface area (Å²) in [7, 11) is 0. The minimum atomic E-state index is -0.667. The molecule has 2 atom stereocenters. The van der Waals surface area contributed by atoms with Gasteiger partial charge in [0.2, 0.25) is 5.91 Å². The number of carbonyl (C=O) groups is 2. The third-order valence-corrected chi connectivity index (χ3v) is 15.4. The molecule has 0 saturated carbocycles. The Kier molecular flexibility index (Phi) is 62.0. The fourth-order valence-electron chi connectivity index (χ4n) is 10.3.